The zero-order valence-corrected chi connectivity index (χ0v) is 14.9. The van der Waals surface area contributed by atoms with Crippen LogP contribution in [0.15, 0.2) is 36.5 Å². The number of likely N-dealkylation sites (tertiary alicyclic amines) is 1. The Labute approximate surface area is 148 Å². The molecule has 6 heteroatoms. The summed E-state index contributed by atoms with van der Waals surface area (Å²) in [5.74, 6) is 0. The molecule has 0 bridgehead atoms. The van der Waals surface area contributed by atoms with Crippen LogP contribution in [0.25, 0.3) is 11.3 Å². The molecule has 2 aromatic rings. The largest absolute Gasteiger partial charge is 0.450 e. The van der Waals surface area contributed by atoms with Gasteiger partial charge in [0.1, 0.15) is 0 Å². The van der Waals surface area contributed by atoms with Gasteiger partial charge in [0.2, 0.25) is 0 Å². The lowest BCUT2D eigenvalue weighted by molar-refractivity contribution is 0.132. The molecule has 0 spiro atoms. The van der Waals surface area contributed by atoms with Crippen molar-refractivity contribution in [2.45, 2.75) is 32.4 Å². The lowest BCUT2D eigenvalue weighted by atomic mass is 10.0. The zero-order valence-electron chi connectivity index (χ0n) is 14.9. The Balaban J connectivity index is 1.67. The first-order valence-corrected chi connectivity index (χ1v) is 8.89. The van der Waals surface area contributed by atoms with Gasteiger partial charge >= 0.3 is 6.09 Å². The third-order valence-electron chi connectivity index (χ3n) is 4.45. The summed E-state index contributed by atoms with van der Waals surface area (Å²) < 4.78 is 6.87. The number of nitrogens with zero attached hydrogens (tertiary/aromatic N) is 3. The van der Waals surface area contributed by atoms with E-state index in [4.69, 9.17) is 4.74 Å². The van der Waals surface area contributed by atoms with Gasteiger partial charge in [-0.2, -0.15) is 5.10 Å². The van der Waals surface area contributed by atoms with Gasteiger partial charge in [-0.15, -0.1) is 0 Å². The average Bonchev–Trinajstić information content (AvgIpc) is 2.96. The maximum Gasteiger partial charge on any atom is 0.407 e. The van der Waals surface area contributed by atoms with Gasteiger partial charge < -0.3 is 10.1 Å². The van der Waals surface area contributed by atoms with Crippen molar-refractivity contribution in [3.05, 3.63) is 42.1 Å². The summed E-state index contributed by atoms with van der Waals surface area (Å²) in [7, 11) is 1.96. The molecule has 1 saturated heterocycles. The number of rotatable bonds is 5. The molecule has 134 valence electrons. The maximum atomic E-state index is 11.7. The maximum absolute atomic E-state index is 11.7. The van der Waals surface area contributed by atoms with Gasteiger partial charge in [0, 0.05) is 43.5 Å². The summed E-state index contributed by atoms with van der Waals surface area (Å²) in [4.78, 5) is 14.0. The predicted octanol–water partition coefficient (Wildman–Crippen LogP) is 2.80. The van der Waals surface area contributed by atoms with Crippen molar-refractivity contribution in [3.63, 3.8) is 0 Å². The minimum absolute atomic E-state index is 0.143. The van der Waals surface area contributed by atoms with Crippen molar-refractivity contribution in [2.75, 3.05) is 19.7 Å². The molecule has 3 rings (SSSR count). The number of alkyl carbamates (subject to hydrolysis) is 1. The van der Waals surface area contributed by atoms with Gasteiger partial charge in [-0.3, -0.25) is 9.58 Å². The number of aryl methyl sites for hydroxylation is 1. The Hall–Kier alpha value is -2.34. The van der Waals surface area contributed by atoms with E-state index >= 15 is 0 Å². The van der Waals surface area contributed by atoms with Crippen LogP contribution >= 0.6 is 0 Å². The Bertz CT molecular complexity index is 699. The fourth-order valence-electron chi connectivity index (χ4n) is 3.39. The molecule has 1 atom stereocenters. The normalized spacial score (nSPS) is 18.1. The molecule has 25 heavy (non-hydrogen) atoms. The zero-order chi connectivity index (χ0) is 17.6. The van der Waals surface area contributed by atoms with Gasteiger partial charge in [0.25, 0.3) is 0 Å². The highest BCUT2D eigenvalue weighted by atomic mass is 16.5. The molecule has 1 fully saturated rings. The van der Waals surface area contributed by atoms with E-state index < -0.39 is 0 Å². The van der Waals surface area contributed by atoms with E-state index in [-0.39, 0.29) is 12.1 Å². The molecular weight excluding hydrogens is 316 g/mol. The number of piperidine rings is 1. The van der Waals surface area contributed by atoms with Crippen molar-refractivity contribution in [2.24, 2.45) is 7.05 Å². The number of carbonyl (C=O) groups is 1. The van der Waals surface area contributed by atoms with E-state index in [2.05, 4.69) is 33.6 Å². The van der Waals surface area contributed by atoms with E-state index in [1.54, 1.807) is 0 Å². The summed E-state index contributed by atoms with van der Waals surface area (Å²) in [5, 5.41) is 7.60. The number of hydrogen-bond donors (Lipinski definition) is 1. The minimum atomic E-state index is -0.319. The lowest BCUT2D eigenvalue weighted by Gasteiger charge is -2.32. The molecular formula is C19H26N4O2. The highest BCUT2D eigenvalue weighted by molar-refractivity contribution is 5.67. The average molecular weight is 342 g/mol. The van der Waals surface area contributed by atoms with Crippen LogP contribution in [0.1, 0.15) is 25.3 Å². The number of benzene rings is 1. The van der Waals surface area contributed by atoms with Crippen LogP contribution in [-0.4, -0.2) is 46.5 Å². The van der Waals surface area contributed by atoms with Crippen LogP contribution in [-0.2, 0) is 18.3 Å². The van der Waals surface area contributed by atoms with Crippen LogP contribution < -0.4 is 5.32 Å². The monoisotopic (exact) mass is 342 g/mol. The Morgan fingerprint density at radius 1 is 1.36 bits per heavy atom. The van der Waals surface area contributed by atoms with Gasteiger partial charge in [0.15, 0.2) is 0 Å². The van der Waals surface area contributed by atoms with Gasteiger partial charge in [-0.05, 0) is 26.3 Å². The topological polar surface area (TPSA) is 59.4 Å². The highest BCUT2D eigenvalue weighted by Gasteiger charge is 2.23. The molecule has 1 aliphatic rings. The molecule has 6 nitrogen and oxygen atoms in total. The van der Waals surface area contributed by atoms with E-state index in [9.17, 15) is 4.79 Å². The van der Waals surface area contributed by atoms with Crippen LogP contribution in [0.3, 0.4) is 0 Å². The summed E-state index contributed by atoms with van der Waals surface area (Å²) in [5.41, 5.74) is 3.38. The van der Waals surface area contributed by atoms with Crippen LogP contribution in [0, 0.1) is 0 Å². The van der Waals surface area contributed by atoms with Gasteiger partial charge in [0.05, 0.1) is 12.3 Å². The van der Waals surface area contributed by atoms with E-state index in [1.165, 1.54) is 5.56 Å². The number of carbonyl (C=O) groups excluding carboxylic acids is 1. The molecule has 1 amide bonds. The third-order valence-corrected chi connectivity index (χ3v) is 4.45. The summed E-state index contributed by atoms with van der Waals surface area (Å²) in [6.07, 6.45) is 3.83. The molecule has 0 saturated carbocycles. The second kappa shape index (κ2) is 8.16. The number of aromatic nitrogens is 2. The highest BCUT2D eigenvalue weighted by Crippen LogP contribution is 2.24. The number of hydrogen-bond acceptors (Lipinski definition) is 4. The Kier molecular flexibility index (Phi) is 5.71. The first kappa shape index (κ1) is 17.5. The molecule has 1 aromatic carbocycles. The smallest absolute Gasteiger partial charge is 0.407 e. The summed E-state index contributed by atoms with van der Waals surface area (Å²) >= 11 is 0. The van der Waals surface area contributed by atoms with Crippen molar-refractivity contribution >= 4 is 6.09 Å². The first-order valence-electron chi connectivity index (χ1n) is 8.89. The number of nitrogens with one attached hydrogen (secondary N) is 1. The van der Waals surface area contributed by atoms with Crippen LogP contribution in [0.4, 0.5) is 4.79 Å². The fourth-order valence-corrected chi connectivity index (χ4v) is 3.39. The van der Waals surface area contributed by atoms with Gasteiger partial charge in [-0.25, -0.2) is 4.79 Å². The molecule has 0 unspecified atom stereocenters. The fraction of sp³-hybridized carbons (Fsp3) is 0.474. The van der Waals surface area contributed by atoms with E-state index in [1.807, 2.05) is 36.9 Å². The standard InChI is InChI=1S/C19H26N4O2/c1-3-25-19(24)20-17-10-7-11-23(14-17)13-16-12-22(2)21-18(16)15-8-5-4-6-9-15/h4-6,8-9,12,17H,3,7,10-11,13-14H2,1-2H3,(H,20,24)/t17-/m0/s1. The summed E-state index contributed by atoms with van der Waals surface area (Å²) in [6, 6.07) is 10.4. The van der Waals surface area contributed by atoms with Crippen molar-refractivity contribution < 1.29 is 9.53 Å². The predicted molar refractivity (Wildman–Crippen MR) is 97.1 cm³/mol. The molecule has 0 aliphatic carbocycles. The van der Waals surface area contributed by atoms with E-state index in [0.29, 0.717) is 6.61 Å². The van der Waals surface area contributed by atoms with Gasteiger partial charge in [-0.1, -0.05) is 30.3 Å². The number of amides is 1. The quantitative estimate of drug-likeness (QED) is 0.908. The van der Waals surface area contributed by atoms with Crippen LogP contribution in [0.2, 0.25) is 0 Å². The molecule has 1 aliphatic heterocycles. The summed E-state index contributed by atoms with van der Waals surface area (Å²) in [6.45, 7) is 4.92. The molecule has 2 heterocycles. The Morgan fingerprint density at radius 3 is 2.92 bits per heavy atom. The second-order valence-electron chi connectivity index (χ2n) is 6.48. The minimum Gasteiger partial charge on any atom is -0.450 e. The number of ether oxygens (including phenoxy) is 1. The Morgan fingerprint density at radius 2 is 2.16 bits per heavy atom. The molecule has 0 radical (unpaired) electrons. The molecule has 1 N–H and O–H groups in total. The van der Waals surface area contributed by atoms with Crippen LogP contribution in [0.5, 0.6) is 0 Å². The lowest BCUT2D eigenvalue weighted by Crippen LogP contribution is -2.47. The third kappa shape index (κ3) is 4.60. The van der Waals surface area contributed by atoms with E-state index in [0.717, 1.165) is 43.7 Å². The first-order chi connectivity index (χ1) is 12.2. The van der Waals surface area contributed by atoms with Crippen molar-refractivity contribution in [1.29, 1.82) is 0 Å². The van der Waals surface area contributed by atoms with Crippen molar-refractivity contribution in [1.82, 2.24) is 20.0 Å². The van der Waals surface area contributed by atoms with Crippen molar-refractivity contribution in [3.8, 4) is 11.3 Å². The SMILES string of the molecule is CCOC(=O)N[C@H]1CCCN(Cc2cn(C)nc2-c2ccccc2)C1. The molecule has 1 aromatic heterocycles. The second-order valence-corrected chi connectivity index (χ2v) is 6.48.